The van der Waals surface area contributed by atoms with Crippen molar-refractivity contribution in [2.45, 2.75) is 44.6 Å². The van der Waals surface area contributed by atoms with Crippen molar-refractivity contribution in [2.24, 2.45) is 5.92 Å². The molecule has 1 N–H and O–H groups in total. The Hall–Kier alpha value is 0.110. The molecule has 82 valence electrons. The van der Waals surface area contributed by atoms with Crippen molar-refractivity contribution in [3.8, 4) is 0 Å². The zero-order valence-electron chi connectivity index (χ0n) is 8.22. The van der Waals surface area contributed by atoms with Gasteiger partial charge < -0.3 is 4.89 Å². The molecule has 1 saturated heterocycles. The van der Waals surface area contributed by atoms with Gasteiger partial charge in [-0.3, -0.25) is 9.05 Å². The monoisotopic (exact) mass is 220 g/mol. The number of phosphoric ester groups is 1. The smallest absolute Gasteiger partial charge is 0.302 e. The third-order valence-electron chi connectivity index (χ3n) is 3.10. The van der Waals surface area contributed by atoms with Gasteiger partial charge in [0.25, 0.3) is 0 Å². The van der Waals surface area contributed by atoms with Gasteiger partial charge in [0, 0.05) is 0 Å². The summed E-state index contributed by atoms with van der Waals surface area (Å²) >= 11 is 0. The molecule has 0 aromatic heterocycles. The maximum absolute atomic E-state index is 11.1. The van der Waals surface area contributed by atoms with Crippen molar-refractivity contribution in [1.82, 2.24) is 0 Å². The van der Waals surface area contributed by atoms with Crippen LogP contribution in [0, 0.1) is 5.92 Å². The Morgan fingerprint density at radius 1 is 1.29 bits per heavy atom. The zero-order valence-corrected chi connectivity index (χ0v) is 9.12. The second kappa shape index (κ2) is 4.31. The topological polar surface area (TPSA) is 55.8 Å². The van der Waals surface area contributed by atoms with E-state index in [-0.39, 0.29) is 6.10 Å². The first-order chi connectivity index (χ1) is 6.66. The van der Waals surface area contributed by atoms with Crippen LogP contribution >= 0.6 is 7.82 Å². The molecule has 2 atom stereocenters. The standard InChI is InChI=1S/C9H17O4P/c10-14(11)12-7-6-9(13-14)5-4-8-2-1-3-8/h8-9H,1-7H2,(H,10,11). The van der Waals surface area contributed by atoms with Crippen LogP contribution in [0.15, 0.2) is 0 Å². The zero-order chi connectivity index (χ0) is 10.0. The molecule has 2 rings (SSSR count). The number of rotatable bonds is 3. The van der Waals surface area contributed by atoms with Crippen molar-refractivity contribution < 1.29 is 18.5 Å². The van der Waals surface area contributed by atoms with Gasteiger partial charge >= 0.3 is 7.82 Å². The van der Waals surface area contributed by atoms with Gasteiger partial charge in [0.1, 0.15) is 0 Å². The average molecular weight is 220 g/mol. The third-order valence-corrected chi connectivity index (χ3v) is 4.17. The normalized spacial score (nSPS) is 39.4. The second-order valence-electron chi connectivity index (χ2n) is 4.19. The fourth-order valence-electron chi connectivity index (χ4n) is 1.97. The molecule has 0 spiro atoms. The number of hydrogen-bond donors (Lipinski definition) is 1. The van der Waals surface area contributed by atoms with Gasteiger partial charge in [-0.2, -0.15) is 0 Å². The Morgan fingerprint density at radius 2 is 2.07 bits per heavy atom. The minimum absolute atomic E-state index is 0.0693. The third kappa shape index (κ3) is 2.80. The predicted octanol–water partition coefficient (Wildman–Crippen LogP) is 2.47. The summed E-state index contributed by atoms with van der Waals surface area (Å²) in [7, 11) is -3.69. The van der Waals surface area contributed by atoms with Crippen LogP contribution in [0.1, 0.15) is 38.5 Å². The highest BCUT2D eigenvalue weighted by atomic mass is 31.2. The van der Waals surface area contributed by atoms with Crippen molar-refractivity contribution in [3.63, 3.8) is 0 Å². The fourth-order valence-corrected chi connectivity index (χ4v) is 2.96. The molecule has 0 radical (unpaired) electrons. The summed E-state index contributed by atoms with van der Waals surface area (Å²) in [4.78, 5) is 9.09. The molecule has 1 heterocycles. The minimum Gasteiger partial charge on any atom is -0.302 e. The van der Waals surface area contributed by atoms with Gasteiger partial charge in [-0.1, -0.05) is 19.3 Å². The van der Waals surface area contributed by atoms with E-state index in [2.05, 4.69) is 4.52 Å². The molecule has 1 aliphatic heterocycles. The Balaban J connectivity index is 1.71. The lowest BCUT2D eigenvalue weighted by atomic mass is 9.81. The molecular weight excluding hydrogens is 203 g/mol. The molecule has 2 aliphatic rings. The molecule has 0 amide bonds. The van der Waals surface area contributed by atoms with Crippen LogP contribution in [0.25, 0.3) is 0 Å². The predicted molar refractivity (Wildman–Crippen MR) is 51.8 cm³/mol. The number of phosphoric acid groups is 1. The summed E-state index contributed by atoms with van der Waals surface area (Å²) in [5.74, 6) is 0.833. The molecule has 1 aliphatic carbocycles. The van der Waals surface area contributed by atoms with Crippen molar-refractivity contribution in [2.75, 3.05) is 6.61 Å². The van der Waals surface area contributed by atoms with E-state index >= 15 is 0 Å². The van der Waals surface area contributed by atoms with Crippen LogP contribution in [0.5, 0.6) is 0 Å². The van der Waals surface area contributed by atoms with Gasteiger partial charge in [0.2, 0.25) is 0 Å². The van der Waals surface area contributed by atoms with E-state index in [9.17, 15) is 4.57 Å². The quantitative estimate of drug-likeness (QED) is 0.742. The first-order valence-electron chi connectivity index (χ1n) is 5.31. The van der Waals surface area contributed by atoms with Crippen LogP contribution in [-0.4, -0.2) is 17.6 Å². The van der Waals surface area contributed by atoms with Crippen molar-refractivity contribution in [3.05, 3.63) is 0 Å². The van der Waals surface area contributed by atoms with Gasteiger partial charge in [-0.25, -0.2) is 4.57 Å². The number of hydrogen-bond acceptors (Lipinski definition) is 3. The molecule has 0 bridgehead atoms. The Morgan fingerprint density at radius 3 is 2.64 bits per heavy atom. The SMILES string of the molecule is O=P1(O)OCCC(CCC2CCC2)O1. The van der Waals surface area contributed by atoms with Crippen LogP contribution in [0.2, 0.25) is 0 Å². The summed E-state index contributed by atoms with van der Waals surface area (Å²) in [5.41, 5.74) is 0. The molecule has 14 heavy (non-hydrogen) atoms. The van der Waals surface area contributed by atoms with Crippen LogP contribution < -0.4 is 0 Å². The lowest BCUT2D eigenvalue weighted by Crippen LogP contribution is -2.22. The van der Waals surface area contributed by atoms with Crippen molar-refractivity contribution >= 4 is 7.82 Å². The lowest BCUT2D eigenvalue weighted by molar-refractivity contribution is 0.0379. The van der Waals surface area contributed by atoms with E-state index in [1.165, 1.54) is 19.3 Å². The highest BCUT2D eigenvalue weighted by molar-refractivity contribution is 7.47. The van der Waals surface area contributed by atoms with Crippen LogP contribution in [0.3, 0.4) is 0 Å². The summed E-state index contributed by atoms with van der Waals surface area (Å²) in [6.45, 7) is 0.350. The summed E-state index contributed by atoms with van der Waals surface area (Å²) < 4.78 is 20.7. The fraction of sp³-hybridized carbons (Fsp3) is 1.00. The molecule has 5 heteroatoms. The van der Waals surface area contributed by atoms with E-state index < -0.39 is 7.82 Å². The lowest BCUT2D eigenvalue weighted by Gasteiger charge is -2.30. The maximum Gasteiger partial charge on any atom is 0.472 e. The van der Waals surface area contributed by atoms with Gasteiger partial charge in [-0.15, -0.1) is 0 Å². The summed E-state index contributed by atoms with van der Waals surface area (Å²) in [6, 6.07) is 0. The van der Waals surface area contributed by atoms with E-state index in [0.717, 1.165) is 25.2 Å². The van der Waals surface area contributed by atoms with Gasteiger partial charge in [0.15, 0.2) is 0 Å². The molecule has 2 unspecified atom stereocenters. The average Bonchev–Trinajstić information content (AvgIpc) is 1.99. The second-order valence-corrected chi connectivity index (χ2v) is 5.60. The van der Waals surface area contributed by atoms with Crippen LogP contribution in [-0.2, 0) is 13.6 Å². The molecular formula is C9H17O4P. The molecule has 1 saturated carbocycles. The molecule has 2 fully saturated rings. The summed E-state index contributed by atoms with van der Waals surface area (Å²) in [5, 5.41) is 0. The molecule has 0 aromatic carbocycles. The van der Waals surface area contributed by atoms with E-state index in [4.69, 9.17) is 9.42 Å². The molecule has 4 nitrogen and oxygen atoms in total. The minimum atomic E-state index is -3.69. The van der Waals surface area contributed by atoms with Crippen LogP contribution in [0.4, 0.5) is 0 Å². The Labute approximate surface area is 84.2 Å². The van der Waals surface area contributed by atoms with E-state index in [1.54, 1.807) is 0 Å². The van der Waals surface area contributed by atoms with Gasteiger partial charge in [-0.05, 0) is 25.2 Å². The highest BCUT2D eigenvalue weighted by Gasteiger charge is 2.32. The molecule has 0 aromatic rings. The Kier molecular flexibility index (Phi) is 3.27. The first kappa shape index (κ1) is 10.6. The highest BCUT2D eigenvalue weighted by Crippen LogP contribution is 2.49. The van der Waals surface area contributed by atoms with Gasteiger partial charge in [0.05, 0.1) is 12.7 Å². The first-order valence-corrected chi connectivity index (χ1v) is 6.81. The Bertz CT molecular complexity index is 239. The maximum atomic E-state index is 11.1. The van der Waals surface area contributed by atoms with E-state index in [1.807, 2.05) is 0 Å². The van der Waals surface area contributed by atoms with E-state index in [0.29, 0.717) is 6.61 Å². The van der Waals surface area contributed by atoms with Crippen molar-refractivity contribution in [1.29, 1.82) is 0 Å². The largest absolute Gasteiger partial charge is 0.472 e. The summed E-state index contributed by atoms with van der Waals surface area (Å²) in [6.07, 6.45) is 6.69.